The maximum Gasteiger partial charge on any atom is 0.266 e. The van der Waals surface area contributed by atoms with Gasteiger partial charge >= 0.3 is 0 Å². The zero-order chi connectivity index (χ0) is 16.2. The van der Waals surface area contributed by atoms with Crippen LogP contribution in [0.4, 0.5) is 15.8 Å². The lowest BCUT2D eigenvalue weighted by Crippen LogP contribution is -2.47. The van der Waals surface area contributed by atoms with Crippen LogP contribution in [0.3, 0.4) is 0 Å². The second kappa shape index (κ2) is 4.97. The lowest BCUT2D eigenvalue weighted by atomic mass is 10.0. The number of fused-ring (bicyclic) bond motifs is 2. The monoisotopic (exact) mass is 348 g/mol. The Morgan fingerprint density at radius 1 is 1.22 bits per heavy atom. The summed E-state index contributed by atoms with van der Waals surface area (Å²) in [5, 5.41) is 3.03. The van der Waals surface area contributed by atoms with Gasteiger partial charge in [0.2, 0.25) is 10.8 Å². The van der Waals surface area contributed by atoms with Crippen LogP contribution in [0.2, 0.25) is 5.02 Å². The quantitative estimate of drug-likeness (QED) is 0.859. The van der Waals surface area contributed by atoms with Gasteiger partial charge in [-0.3, -0.25) is 14.5 Å². The van der Waals surface area contributed by atoms with Crippen molar-refractivity contribution in [3.05, 3.63) is 58.9 Å². The Bertz CT molecular complexity index is 860. The molecule has 4 nitrogen and oxygen atoms in total. The first-order chi connectivity index (χ1) is 11.0. The molecular formula is C16H10ClFN2O2S. The van der Waals surface area contributed by atoms with Crippen LogP contribution in [0, 0.1) is 5.82 Å². The van der Waals surface area contributed by atoms with E-state index in [0.29, 0.717) is 16.3 Å². The van der Waals surface area contributed by atoms with Crippen molar-refractivity contribution < 1.29 is 14.0 Å². The van der Waals surface area contributed by atoms with Crippen LogP contribution >= 0.6 is 23.4 Å². The molecule has 23 heavy (non-hydrogen) atoms. The molecule has 2 aromatic rings. The van der Waals surface area contributed by atoms with Gasteiger partial charge in [0.15, 0.2) is 0 Å². The van der Waals surface area contributed by atoms with Crippen LogP contribution < -0.4 is 10.2 Å². The third-order valence-corrected chi connectivity index (χ3v) is 5.59. The first-order valence-corrected chi connectivity index (χ1v) is 8.23. The second-order valence-electron chi connectivity index (χ2n) is 5.26. The number of nitrogens with one attached hydrogen (secondary N) is 1. The predicted molar refractivity (Wildman–Crippen MR) is 88.1 cm³/mol. The number of anilines is 2. The fourth-order valence-electron chi connectivity index (χ4n) is 3.03. The van der Waals surface area contributed by atoms with Crippen LogP contribution in [0.1, 0.15) is 5.56 Å². The zero-order valence-corrected chi connectivity index (χ0v) is 13.2. The molecule has 1 spiro atoms. The fourth-order valence-corrected chi connectivity index (χ4v) is 4.52. The smallest absolute Gasteiger partial charge is 0.266 e. The Morgan fingerprint density at radius 3 is 2.78 bits per heavy atom. The number of thioether (sulfide) groups is 1. The Morgan fingerprint density at radius 2 is 2.00 bits per heavy atom. The van der Waals surface area contributed by atoms with Crippen molar-refractivity contribution in [1.82, 2.24) is 0 Å². The third-order valence-electron chi connectivity index (χ3n) is 3.96. The summed E-state index contributed by atoms with van der Waals surface area (Å²) in [5.74, 6) is -1.02. The number of hydrogen-bond acceptors (Lipinski definition) is 3. The van der Waals surface area contributed by atoms with E-state index in [1.165, 1.54) is 28.8 Å². The first kappa shape index (κ1) is 14.5. The first-order valence-electron chi connectivity index (χ1n) is 6.87. The van der Waals surface area contributed by atoms with E-state index >= 15 is 0 Å². The number of carbonyl (C=O) groups is 2. The standard InChI is InChI=1S/C16H10ClFN2O2S/c17-9-3-1-4-10(7-9)20-13(21)8-23-16(20)11-5-2-6-12(18)14(11)19-15(16)22/h1-7H,8H2,(H,19,22). The maximum atomic E-state index is 14.0. The highest BCUT2D eigenvalue weighted by Crippen LogP contribution is 2.54. The molecule has 2 aliphatic heterocycles. The second-order valence-corrected chi connectivity index (χ2v) is 6.86. The molecule has 1 fully saturated rings. The van der Waals surface area contributed by atoms with Gasteiger partial charge in [-0.15, -0.1) is 11.8 Å². The van der Waals surface area contributed by atoms with E-state index in [2.05, 4.69) is 5.32 Å². The number of para-hydroxylation sites is 1. The maximum absolute atomic E-state index is 14.0. The summed E-state index contributed by atoms with van der Waals surface area (Å²) in [5.41, 5.74) is 1.10. The molecule has 0 radical (unpaired) electrons. The van der Waals surface area contributed by atoms with E-state index in [9.17, 15) is 14.0 Å². The normalized spacial score (nSPS) is 22.6. The molecule has 7 heteroatoms. The molecule has 1 atom stereocenters. The molecule has 116 valence electrons. The number of halogens is 2. The predicted octanol–water partition coefficient (Wildman–Crippen LogP) is 3.36. The van der Waals surface area contributed by atoms with E-state index < -0.39 is 16.6 Å². The molecule has 1 unspecified atom stereocenters. The minimum absolute atomic E-state index is 0.131. The Labute approximate surface area is 140 Å². The van der Waals surface area contributed by atoms with Crippen LogP contribution in [-0.2, 0) is 14.5 Å². The van der Waals surface area contributed by atoms with E-state index in [1.807, 2.05) is 0 Å². The van der Waals surface area contributed by atoms with E-state index in [1.54, 1.807) is 30.3 Å². The number of nitrogens with zero attached hydrogens (tertiary/aromatic N) is 1. The van der Waals surface area contributed by atoms with E-state index in [-0.39, 0.29) is 17.3 Å². The zero-order valence-electron chi connectivity index (χ0n) is 11.7. The van der Waals surface area contributed by atoms with Gasteiger partial charge in [-0.2, -0.15) is 0 Å². The number of rotatable bonds is 1. The van der Waals surface area contributed by atoms with Crippen molar-refractivity contribution in [3.63, 3.8) is 0 Å². The molecule has 0 aliphatic carbocycles. The molecule has 4 rings (SSSR count). The summed E-state index contributed by atoms with van der Waals surface area (Å²) in [6.07, 6.45) is 0. The topological polar surface area (TPSA) is 49.4 Å². The molecule has 2 aromatic carbocycles. The van der Waals surface area contributed by atoms with Gasteiger partial charge in [-0.05, 0) is 24.3 Å². The van der Waals surface area contributed by atoms with Crippen molar-refractivity contribution >= 4 is 46.6 Å². The Balaban J connectivity index is 1.95. The van der Waals surface area contributed by atoms with Crippen LogP contribution in [0.5, 0.6) is 0 Å². The van der Waals surface area contributed by atoms with Crippen LogP contribution in [0.25, 0.3) is 0 Å². The van der Waals surface area contributed by atoms with Gasteiger partial charge < -0.3 is 5.32 Å². The third kappa shape index (κ3) is 1.91. The highest BCUT2D eigenvalue weighted by Gasteiger charge is 2.59. The highest BCUT2D eigenvalue weighted by molar-refractivity contribution is 8.02. The van der Waals surface area contributed by atoms with Crippen molar-refractivity contribution in [2.24, 2.45) is 0 Å². The average molecular weight is 349 g/mol. The van der Waals surface area contributed by atoms with Crippen LogP contribution in [-0.4, -0.2) is 17.6 Å². The highest BCUT2D eigenvalue weighted by atomic mass is 35.5. The summed E-state index contributed by atoms with van der Waals surface area (Å²) in [6, 6.07) is 11.2. The molecule has 0 bridgehead atoms. The molecule has 1 N–H and O–H groups in total. The minimum atomic E-state index is -1.29. The molecule has 2 amide bonds. The molecule has 2 heterocycles. The Kier molecular flexibility index (Phi) is 3.14. The lowest BCUT2D eigenvalue weighted by Gasteiger charge is -2.32. The number of carbonyl (C=O) groups excluding carboxylic acids is 2. The summed E-state index contributed by atoms with van der Waals surface area (Å²) >= 11 is 7.21. The van der Waals surface area contributed by atoms with Gasteiger partial charge in [-0.1, -0.05) is 29.8 Å². The molecule has 0 saturated carbocycles. The SMILES string of the molecule is O=C1CSC2(C(=O)Nc3c(F)cccc32)N1c1cccc(Cl)c1. The lowest BCUT2D eigenvalue weighted by molar-refractivity contribution is -0.122. The van der Waals surface area contributed by atoms with Gasteiger partial charge in [0, 0.05) is 16.3 Å². The molecule has 2 aliphatic rings. The minimum Gasteiger partial charge on any atom is -0.320 e. The summed E-state index contributed by atoms with van der Waals surface area (Å²) in [6.45, 7) is 0. The van der Waals surface area contributed by atoms with Crippen molar-refractivity contribution in [3.8, 4) is 0 Å². The van der Waals surface area contributed by atoms with Crippen molar-refractivity contribution in [2.45, 2.75) is 4.87 Å². The molecule has 1 saturated heterocycles. The number of hydrogen-bond donors (Lipinski definition) is 1. The fraction of sp³-hybridized carbons (Fsp3) is 0.125. The largest absolute Gasteiger partial charge is 0.320 e. The van der Waals surface area contributed by atoms with E-state index in [4.69, 9.17) is 11.6 Å². The van der Waals surface area contributed by atoms with Gasteiger partial charge in [0.05, 0.1) is 11.4 Å². The number of benzene rings is 2. The summed E-state index contributed by atoms with van der Waals surface area (Å²) < 4.78 is 14.0. The molecule has 0 aromatic heterocycles. The van der Waals surface area contributed by atoms with Crippen molar-refractivity contribution in [2.75, 3.05) is 16.0 Å². The molecular weight excluding hydrogens is 339 g/mol. The van der Waals surface area contributed by atoms with E-state index in [0.717, 1.165) is 0 Å². The van der Waals surface area contributed by atoms with Crippen LogP contribution in [0.15, 0.2) is 42.5 Å². The van der Waals surface area contributed by atoms with Gasteiger partial charge in [0.1, 0.15) is 5.82 Å². The summed E-state index contributed by atoms with van der Waals surface area (Å²) in [4.78, 5) is 25.3. The van der Waals surface area contributed by atoms with Gasteiger partial charge in [0.25, 0.3) is 5.91 Å². The average Bonchev–Trinajstić information content (AvgIpc) is 3.01. The van der Waals surface area contributed by atoms with Crippen molar-refractivity contribution in [1.29, 1.82) is 0 Å². The van der Waals surface area contributed by atoms with Gasteiger partial charge in [-0.25, -0.2) is 4.39 Å². The summed E-state index contributed by atoms with van der Waals surface area (Å²) in [7, 11) is 0. The number of amides is 2. The Hall–Kier alpha value is -2.05.